The minimum absolute atomic E-state index is 1.18. The highest BCUT2D eigenvalue weighted by atomic mass is 15.0. The molecule has 96 valence electrons. The quantitative estimate of drug-likeness (QED) is 0.615. The van der Waals surface area contributed by atoms with Gasteiger partial charge in [-0.2, -0.15) is 0 Å². The molecule has 0 spiro atoms. The average molecular weight is 249 g/mol. The first-order valence-electron chi connectivity index (χ1n) is 7.04. The maximum absolute atomic E-state index is 2.32. The zero-order chi connectivity index (χ0) is 13.1. The summed E-state index contributed by atoms with van der Waals surface area (Å²) in [6.45, 7) is 2.24. The summed E-state index contributed by atoms with van der Waals surface area (Å²) < 4.78 is 2.25. The molecule has 0 aliphatic rings. The molecule has 1 nitrogen and oxygen atoms in total. The molecule has 1 heterocycles. The fourth-order valence-electron chi connectivity index (χ4n) is 2.54. The molecule has 19 heavy (non-hydrogen) atoms. The normalized spacial score (nSPS) is 11.0. The second-order valence-corrected chi connectivity index (χ2v) is 5.02. The van der Waals surface area contributed by atoms with Crippen LogP contribution in [-0.2, 0) is 6.42 Å². The van der Waals surface area contributed by atoms with Gasteiger partial charge in [0.2, 0.25) is 0 Å². The summed E-state index contributed by atoms with van der Waals surface area (Å²) in [6, 6.07) is 19.5. The molecule has 0 aliphatic carbocycles. The SMILES string of the molecule is CCCCc1ccc2c(ccn2-c2ccccc2)c1. The van der Waals surface area contributed by atoms with Crippen LogP contribution in [0.3, 0.4) is 0 Å². The van der Waals surface area contributed by atoms with Gasteiger partial charge in [0.1, 0.15) is 0 Å². The number of hydrogen-bond donors (Lipinski definition) is 0. The van der Waals surface area contributed by atoms with Gasteiger partial charge < -0.3 is 4.57 Å². The Morgan fingerprint density at radius 2 is 1.79 bits per heavy atom. The van der Waals surface area contributed by atoms with Crippen molar-refractivity contribution < 1.29 is 0 Å². The Hall–Kier alpha value is -2.02. The van der Waals surface area contributed by atoms with E-state index in [0.29, 0.717) is 0 Å². The lowest BCUT2D eigenvalue weighted by Crippen LogP contribution is -1.91. The van der Waals surface area contributed by atoms with E-state index < -0.39 is 0 Å². The monoisotopic (exact) mass is 249 g/mol. The lowest BCUT2D eigenvalue weighted by atomic mass is 10.1. The molecule has 1 heteroatoms. The van der Waals surface area contributed by atoms with E-state index in [1.165, 1.54) is 41.4 Å². The second kappa shape index (κ2) is 5.31. The molecule has 0 N–H and O–H groups in total. The number of aryl methyl sites for hydroxylation is 1. The van der Waals surface area contributed by atoms with Gasteiger partial charge in [0.15, 0.2) is 0 Å². The largest absolute Gasteiger partial charge is 0.317 e. The molecular formula is C18H19N. The summed E-state index contributed by atoms with van der Waals surface area (Å²) in [5, 5.41) is 1.33. The molecule has 1 aromatic heterocycles. The molecule has 0 amide bonds. The van der Waals surface area contributed by atoms with Gasteiger partial charge in [0.05, 0.1) is 5.52 Å². The summed E-state index contributed by atoms with van der Waals surface area (Å²) in [7, 11) is 0. The van der Waals surface area contributed by atoms with Gasteiger partial charge in [-0.25, -0.2) is 0 Å². The van der Waals surface area contributed by atoms with E-state index in [4.69, 9.17) is 0 Å². The van der Waals surface area contributed by atoms with Crippen molar-refractivity contribution in [2.45, 2.75) is 26.2 Å². The van der Waals surface area contributed by atoms with Crippen molar-refractivity contribution in [2.75, 3.05) is 0 Å². The van der Waals surface area contributed by atoms with Crippen LogP contribution >= 0.6 is 0 Å². The lowest BCUT2D eigenvalue weighted by Gasteiger charge is -2.06. The topological polar surface area (TPSA) is 4.93 Å². The standard InChI is InChI=1S/C18H19N/c1-2-3-7-15-10-11-18-16(14-15)12-13-19(18)17-8-5-4-6-9-17/h4-6,8-14H,2-3,7H2,1H3. The van der Waals surface area contributed by atoms with Crippen LogP contribution in [0.2, 0.25) is 0 Å². The number of fused-ring (bicyclic) bond motifs is 1. The molecule has 0 atom stereocenters. The van der Waals surface area contributed by atoms with Crippen molar-refractivity contribution in [3.8, 4) is 5.69 Å². The maximum Gasteiger partial charge on any atom is 0.0528 e. The summed E-state index contributed by atoms with van der Waals surface area (Å²) in [6.07, 6.45) is 5.86. The molecule has 0 saturated heterocycles. The first-order valence-corrected chi connectivity index (χ1v) is 7.04. The van der Waals surface area contributed by atoms with E-state index in [9.17, 15) is 0 Å². The van der Waals surface area contributed by atoms with E-state index in [1.54, 1.807) is 0 Å². The van der Waals surface area contributed by atoms with Crippen LogP contribution in [0.25, 0.3) is 16.6 Å². The van der Waals surface area contributed by atoms with Crippen molar-refractivity contribution in [3.05, 3.63) is 66.4 Å². The molecule has 3 rings (SSSR count). The maximum atomic E-state index is 2.32. The third-order valence-electron chi connectivity index (χ3n) is 3.61. The highest BCUT2D eigenvalue weighted by molar-refractivity contribution is 5.82. The molecule has 0 unspecified atom stereocenters. The molecule has 2 aromatic carbocycles. The lowest BCUT2D eigenvalue weighted by molar-refractivity contribution is 0.796. The van der Waals surface area contributed by atoms with Crippen LogP contribution in [0.5, 0.6) is 0 Å². The number of para-hydroxylation sites is 1. The Morgan fingerprint density at radius 3 is 2.58 bits per heavy atom. The van der Waals surface area contributed by atoms with Gasteiger partial charge in [0, 0.05) is 17.3 Å². The van der Waals surface area contributed by atoms with E-state index in [-0.39, 0.29) is 0 Å². The summed E-state index contributed by atoms with van der Waals surface area (Å²) in [5.74, 6) is 0. The van der Waals surface area contributed by atoms with Crippen LogP contribution in [0.4, 0.5) is 0 Å². The number of nitrogens with zero attached hydrogens (tertiary/aromatic N) is 1. The minimum atomic E-state index is 1.18. The Bertz CT molecular complexity index is 664. The Kier molecular flexibility index (Phi) is 3.37. The summed E-state index contributed by atoms with van der Waals surface area (Å²) >= 11 is 0. The number of hydrogen-bond acceptors (Lipinski definition) is 0. The van der Waals surface area contributed by atoms with Crippen molar-refractivity contribution in [1.29, 1.82) is 0 Å². The number of benzene rings is 2. The van der Waals surface area contributed by atoms with Gasteiger partial charge in [-0.15, -0.1) is 0 Å². The van der Waals surface area contributed by atoms with E-state index in [1.807, 2.05) is 0 Å². The van der Waals surface area contributed by atoms with Crippen LogP contribution in [-0.4, -0.2) is 4.57 Å². The van der Waals surface area contributed by atoms with Gasteiger partial charge in [-0.3, -0.25) is 0 Å². The Balaban J connectivity index is 2.00. The Labute approximate surface area is 114 Å². The molecule has 0 fully saturated rings. The van der Waals surface area contributed by atoms with Gasteiger partial charge >= 0.3 is 0 Å². The predicted molar refractivity (Wildman–Crippen MR) is 81.9 cm³/mol. The van der Waals surface area contributed by atoms with Crippen molar-refractivity contribution >= 4 is 10.9 Å². The molecule has 0 bridgehead atoms. The predicted octanol–water partition coefficient (Wildman–Crippen LogP) is 4.97. The first-order chi connectivity index (χ1) is 9.38. The third-order valence-corrected chi connectivity index (χ3v) is 3.61. The van der Waals surface area contributed by atoms with Crippen LogP contribution in [0.1, 0.15) is 25.3 Å². The minimum Gasteiger partial charge on any atom is -0.317 e. The van der Waals surface area contributed by atoms with E-state index in [2.05, 4.69) is 72.3 Å². The molecule has 0 radical (unpaired) electrons. The van der Waals surface area contributed by atoms with Gasteiger partial charge in [0.25, 0.3) is 0 Å². The van der Waals surface area contributed by atoms with Crippen molar-refractivity contribution in [2.24, 2.45) is 0 Å². The Morgan fingerprint density at radius 1 is 0.947 bits per heavy atom. The second-order valence-electron chi connectivity index (χ2n) is 5.02. The fraction of sp³-hybridized carbons (Fsp3) is 0.222. The number of unbranched alkanes of at least 4 members (excludes halogenated alkanes) is 1. The molecule has 0 saturated carbocycles. The molecular weight excluding hydrogens is 230 g/mol. The van der Waals surface area contributed by atoms with Crippen molar-refractivity contribution in [3.63, 3.8) is 0 Å². The van der Waals surface area contributed by atoms with Gasteiger partial charge in [-0.05, 0) is 48.7 Å². The first kappa shape index (κ1) is 12.0. The fourth-order valence-corrected chi connectivity index (χ4v) is 2.54. The third kappa shape index (κ3) is 2.41. The van der Waals surface area contributed by atoms with Gasteiger partial charge in [-0.1, -0.05) is 37.6 Å². The average Bonchev–Trinajstić information content (AvgIpc) is 2.89. The zero-order valence-corrected chi connectivity index (χ0v) is 11.3. The summed E-state index contributed by atoms with van der Waals surface area (Å²) in [5.41, 5.74) is 3.95. The zero-order valence-electron chi connectivity index (χ0n) is 11.3. The summed E-state index contributed by atoms with van der Waals surface area (Å²) in [4.78, 5) is 0. The molecule has 3 aromatic rings. The number of aromatic nitrogens is 1. The van der Waals surface area contributed by atoms with Crippen molar-refractivity contribution in [1.82, 2.24) is 4.57 Å². The highest BCUT2D eigenvalue weighted by Gasteiger charge is 2.03. The molecule has 0 aliphatic heterocycles. The highest BCUT2D eigenvalue weighted by Crippen LogP contribution is 2.22. The van der Waals surface area contributed by atoms with E-state index >= 15 is 0 Å². The van der Waals surface area contributed by atoms with E-state index in [0.717, 1.165) is 0 Å². The van der Waals surface area contributed by atoms with Crippen LogP contribution in [0, 0.1) is 0 Å². The van der Waals surface area contributed by atoms with Crippen LogP contribution in [0.15, 0.2) is 60.8 Å². The smallest absolute Gasteiger partial charge is 0.0528 e. The number of rotatable bonds is 4. The van der Waals surface area contributed by atoms with Crippen LogP contribution < -0.4 is 0 Å².